The molecule has 2 aromatic carbocycles. The quantitative estimate of drug-likeness (QED) is 0.422. The lowest BCUT2D eigenvalue weighted by molar-refractivity contribution is -0.122. The van der Waals surface area contributed by atoms with Gasteiger partial charge in [0.1, 0.15) is 5.50 Å². The van der Waals surface area contributed by atoms with Crippen LogP contribution in [0, 0.1) is 0 Å². The zero-order chi connectivity index (χ0) is 24.0. The van der Waals surface area contributed by atoms with Crippen molar-refractivity contribution >= 4 is 61.0 Å². The molecular formula is C21H22BrN3O6S2. The number of thioether (sulfide) groups is 1. The lowest BCUT2D eigenvalue weighted by atomic mass is 10.2. The van der Waals surface area contributed by atoms with Crippen LogP contribution < -0.4 is 16.0 Å². The molecular weight excluding hydrogens is 534 g/mol. The topological polar surface area (TPSA) is 131 Å². The summed E-state index contributed by atoms with van der Waals surface area (Å²) in [5, 5.41) is 6.98. The molecule has 1 aliphatic heterocycles. The van der Waals surface area contributed by atoms with Crippen LogP contribution in [0.4, 0.5) is 5.69 Å². The highest BCUT2D eigenvalue weighted by Gasteiger charge is 2.38. The van der Waals surface area contributed by atoms with Crippen LogP contribution in [-0.2, 0) is 24.2 Å². The molecule has 1 aliphatic rings. The molecule has 176 valence electrons. The van der Waals surface area contributed by atoms with E-state index in [0.29, 0.717) is 11.3 Å². The second kappa shape index (κ2) is 11.1. The van der Waals surface area contributed by atoms with Gasteiger partial charge in [-0.15, -0.1) is 11.8 Å². The van der Waals surface area contributed by atoms with Gasteiger partial charge in [0.25, 0.3) is 0 Å². The summed E-state index contributed by atoms with van der Waals surface area (Å²) in [7, 11) is -3.85. The maximum Gasteiger partial charge on any atom is 0.338 e. The van der Waals surface area contributed by atoms with Crippen LogP contribution in [-0.4, -0.2) is 55.9 Å². The summed E-state index contributed by atoms with van der Waals surface area (Å²) in [4.78, 5) is 36.4. The lowest BCUT2D eigenvalue weighted by Gasteiger charge is -2.29. The van der Waals surface area contributed by atoms with E-state index in [0.717, 1.165) is 16.2 Å². The standard InChI is InChI=1S/C21H22BrN3O6S2/c1-2-31-20(28)13-3-7-15(8-4-13)24-18(26)12-32-21-23-11-17(19(27)25-21)33(29,30)16-9-5-14(22)6-10-16/h3-10,17,21,23H,2,11-12H2,1H3,(H,24,26)(H,25,27). The summed E-state index contributed by atoms with van der Waals surface area (Å²) in [6.07, 6.45) is 0. The van der Waals surface area contributed by atoms with Gasteiger partial charge in [-0.3, -0.25) is 14.9 Å². The molecule has 9 nitrogen and oxygen atoms in total. The zero-order valence-corrected chi connectivity index (χ0v) is 20.8. The molecule has 0 bridgehead atoms. The molecule has 3 N–H and O–H groups in total. The molecule has 1 fully saturated rings. The van der Waals surface area contributed by atoms with Crippen LogP contribution in [0.5, 0.6) is 0 Å². The van der Waals surface area contributed by atoms with Gasteiger partial charge in [-0.1, -0.05) is 15.9 Å². The third-order valence-electron chi connectivity index (χ3n) is 4.63. The molecule has 0 aliphatic carbocycles. The molecule has 0 radical (unpaired) electrons. The molecule has 12 heteroatoms. The Hall–Kier alpha value is -2.41. The van der Waals surface area contributed by atoms with E-state index in [2.05, 4.69) is 31.9 Å². The Kier molecular flexibility index (Phi) is 8.51. The van der Waals surface area contributed by atoms with Gasteiger partial charge in [0.15, 0.2) is 15.1 Å². The highest BCUT2D eigenvalue weighted by atomic mass is 79.9. The number of sulfone groups is 1. The number of anilines is 1. The smallest absolute Gasteiger partial charge is 0.338 e. The maximum absolute atomic E-state index is 12.8. The molecule has 1 saturated heterocycles. The zero-order valence-electron chi connectivity index (χ0n) is 17.5. The minimum absolute atomic E-state index is 0.0156. The average molecular weight is 556 g/mol. The van der Waals surface area contributed by atoms with Crippen LogP contribution in [0.3, 0.4) is 0 Å². The molecule has 2 aromatic rings. The minimum atomic E-state index is -3.85. The summed E-state index contributed by atoms with van der Waals surface area (Å²) in [6, 6.07) is 12.4. The molecule has 33 heavy (non-hydrogen) atoms. The highest BCUT2D eigenvalue weighted by molar-refractivity contribution is 9.10. The van der Waals surface area contributed by atoms with Crippen molar-refractivity contribution in [2.45, 2.75) is 22.6 Å². The number of amides is 2. The number of hydrogen-bond acceptors (Lipinski definition) is 8. The van der Waals surface area contributed by atoms with Gasteiger partial charge in [0.2, 0.25) is 11.8 Å². The van der Waals surface area contributed by atoms with Crippen molar-refractivity contribution in [1.82, 2.24) is 10.6 Å². The molecule has 2 amide bonds. The number of hydrogen-bond donors (Lipinski definition) is 3. The number of rotatable bonds is 8. The fraction of sp³-hybridized carbons (Fsp3) is 0.286. The second-order valence-corrected chi connectivity index (χ2v) is 11.1. The van der Waals surface area contributed by atoms with Crippen molar-refractivity contribution in [3.8, 4) is 0 Å². The summed E-state index contributed by atoms with van der Waals surface area (Å²) in [5.41, 5.74) is 0.284. The Bertz CT molecular complexity index is 1120. The predicted molar refractivity (Wildman–Crippen MR) is 129 cm³/mol. The van der Waals surface area contributed by atoms with Crippen molar-refractivity contribution in [1.29, 1.82) is 0 Å². The monoisotopic (exact) mass is 555 g/mol. The molecule has 0 aromatic heterocycles. The van der Waals surface area contributed by atoms with E-state index in [1.807, 2.05) is 0 Å². The van der Waals surface area contributed by atoms with E-state index in [1.165, 1.54) is 12.1 Å². The first kappa shape index (κ1) is 25.2. The molecule has 0 spiro atoms. The average Bonchev–Trinajstić information content (AvgIpc) is 2.78. The largest absolute Gasteiger partial charge is 0.462 e. The third-order valence-corrected chi connectivity index (χ3v) is 8.27. The number of carbonyl (C=O) groups is 3. The fourth-order valence-corrected chi connectivity index (χ4v) is 5.56. The normalized spacial score (nSPS) is 18.3. The Morgan fingerprint density at radius 3 is 2.42 bits per heavy atom. The number of halogens is 1. The van der Waals surface area contributed by atoms with Crippen LogP contribution in [0.2, 0.25) is 0 Å². The Morgan fingerprint density at radius 2 is 1.82 bits per heavy atom. The van der Waals surface area contributed by atoms with E-state index in [1.54, 1.807) is 43.3 Å². The second-order valence-electron chi connectivity index (χ2n) is 6.94. The van der Waals surface area contributed by atoms with E-state index in [-0.39, 0.29) is 29.7 Å². The van der Waals surface area contributed by atoms with Gasteiger partial charge in [-0.25, -0.2) is 13.2 Å². The third kappa shape index (κ3) is 6.56. The number of benzene rings is 2. The van der Waals surface area contributed by atoms with Gasteiger partial charge >= 0.3 is 5.97 Å². The highest BCUT2D eigenvalue weighted by Crippen LogP contribution is 2.22. The van der Waals surface area contributed by atoms with Gasteiger partial charge in [-0.2, -0.15) is 0 Å². The van der Waals surface area contributed by atoms with Crippen molar-refractivity contribution in [2.75, 3.05) is 24.2 Å². The molecule has 1 heterocycles. The van der Waals surface area contributed by atoms with Crippen LogP contribution in [0.1, 0.15) is 17.3 Å². The predicted octanol–water partition coefficient (Wildman–Crippen LogP) is 2.14. The minimum Gasteiger partial charge on any atom is -0.462 e. The van der Waals surface area contributed by atoms with Gasteiger partial charge in [-0.05, 0) is 55.5 Å². The Balaban J connectivity index is 1.49. The molecule has 2 atom stereocenters. The Morgan fingerprint density at radius 1 is 1.15 bits per heavy atom. The number of ether oxygens (including phenoxy) is 1. The first-order valence-corrected chi connectivity index (χ1v) is 13.3. The Labute approximate surface area is 204 Å². The van der Waals surface area contributed by atoms with Crippen molar-refractivity contribution < 1.29 is 27.5 Å². The molecule has 2 unspecified atom stereocenters. The summed E-state index contributed by atoms with van der Waals surface area (Å²) < 4.78 is 31.2. The summed E-state index contributed by atoms with van der Waals surface area (Å²) in [5.74, 6) is -1.36. The van der Waals surface area contributed by atoms with Gasteiger partial charge < -0.3 is 15.4 Å². The van der Waals surface area contributed by atoms with Crippen LogP contribution >= 0.6 is 27.7 Å². The first-order valence-electron chi connectivity index (χ1n) is 9.92. The fourth-order valence-electron chi connectivity index (χ4n) is 2.98. The van der Waals surface area contributed by atoms with Crippen molar-refractivity contribution in [3.63, 3.8) is 0 Å². The first-order chi connectivity index (χ1) is 15.7. The molecule has 3 rings (SSSR count). The van der Waals surface area contributed by atoms with Crippen molar-refractivity contribution in [2.24, 2.45) is 0 Å². The number of carbonyl (C=O) groups excluding carboxylic acids is 3. The summed E-state index contributed by atoms with van der Waals surface area (Å²) in [6.45, 7) is 1.92. The number of esters is 1. The lowest BCUT2D eigenvalue weighted by Crippen LogP contribution is -2.59. The van der Waals surface area contributed by atoms with E-state index in [4.69, 9.17) is 4.74 Å². The van der Waals surface area contributed by atoms with E-state index < -0.39 is 32.5 Å². The van der Waals surface area contributed by atoms with E-state index >= 15 is 0 Å². The SMILES string of the molecule is CCOC(=O)c1ccc(NC(=O)CSC2NCC(S(=O)(=O)c3ccc(Br)cc3)C(=O)N2)cc1. The van der Waals surface area contributed by atoms with Crippen LogP contribution in [0.15, 0.2) is 57.9 Å². The van der Waals surface area contributed by atoms with Gasteiger partial charge in [0.05, 0.1) is 22.8 Å². The maximum atomic E-state index is 12.8. The number of nitrogens with one attached hydrogen (secondary N) is 3. The summed E-state index contributed by atoms with van der Waals surface area (Å²) >= 11 is 4.37. The van der Waals surface area contributed by atoms with Crippen molar-refractivity contribution in [3.05, 3.63) is 58.6 Å². The molecule has 0 saturated carbocycles. The van der Waals surface area contributed by atoms with Gasteiger partial charge in [0, 0.05) is 16.7 Å². The van der Waals surface area contributed by atoms with Crippen LogP contribution in [0.25, 0.3) is 0 Å². The van der Waals surface area contributed by atoms with E-state index in [9.17, 15) is 22.8 Å².